The van der Waals surface area contributed by atoms with E-state index in [1.165, 1.54) is 48.5 Å². The minimum absolute atomic E-state index is 0. The fourth-order valence-corrected chi connectivity index (χ4v) is 4.77. The number of aromatic hydroxyl groups is 2. The predicted molar refractivity (Wildman–Crippen MR) is 116 cm³/mol. The Bertz CT molecular complexity index is 1660. The average molecular weight is 527 g/mol. The second-order valence-electron chi connectivity index (χ2n) is 6.72. The minimum Gasteiger partial charge on any atom is -0.506 e. The normalized spacial score (nSPS) is 12.3. The van der Waals surface area contributed by atoms with E-state index < -0.39 is 41.5 Å². The molecule has 4 rings (SSSR count). The molecule has 0 atom stereocenters. The molecule has 0 fully saturated rings. The molecule has 0 bridgehead atoms. The van der Waals surface area contributed by atoms with Gasteiger partial charge in [-0.25, -0.2) is 0 Å². The number of rotatable bonds is 4. The van der Waals surface area contributed by atoms with Gasteiger partial charge in [0.05, 0.1) is 0 Å². The van der Waals surface area contributed by atoms with Gasteiger partial charge >= 0.3 is 1.43 Å². The van der Waals surface area contributed by atoms with Crippen LogP contribution in [0.2, 0.25) is 0 Å². The van der Waals surface area contributed by atoms with Gasteiger partial charge in [0.2, 0.25) is 0 Å². The van der Waals surface area contributed by atoms with E-state index >= 15 is 0 Å². The maximum atomic E-state index is 11.7. The van der Waals surface area contributed by atoms with Crippen molar-refractivity contribution in [1.29, 1.82) is 0 Å². The Balaban J connectivity index is 0.00000204. The maximum absolute atomic E-state index is 11.7. The second kappa shape index (κ2) is 8.71. The number of phenolic OH excluding ortho intramolecular Hbond substituents is 2. The van der Waals surface area contributed by atoms with E-state index in [4.69, 9.17) is 0 Å². The van der Waals surface area contributed by atoms with Crippen LogP contribution in [-0.2, 0) is 37.6 Å². The number of nitrogens with zero attached hydrogens (tertiary/aromatic N) is 2. The third kappa shape index (κ3) is 4.55. The van der Waals surface area contributed by atoms with E-state index in [9.17, 15) is 36.2 Å². The Hall–Kier alpha value is -3.05. The molecule has 0 saturated carbocycles. The Morgan fingerprint density at radius 1 is 0.667 bits per heavy atom. The largest absolute Gasteiger partial charge is 1.00 e. The number of phenols is 2. The van der Waals surface area contributed by atoms with E-state index in [0.717, 1.165) is 6.07 Å². The van der Waals surface area contributed by atoms with Crippen molar-refractivity contribution in [2.75, 3.05) is 0 Å². The van der Waals surface area contributed by atoms with Crippen molar-refractivity contribution in [1.82, 2.24) is 0 Å². The van der Waals surface area contributed by atoms with Gasteiger partial charge in [0.25, 0.3) is 20.2 Å². The quantitative estimate of drug-likeness (QED) is 0.223. The molecule has 13 heteroatoms. The van der Waals surface area contributed by atoms with Gasteiger partial charge in [-0.15, -0.1) is 10.2 Å². The molecule has 10 nitrogen and oxygen atoms in total. The van der Waals surface area contributed by atoms with Crippen molar-refractivity contribution >= 4 is 53.2 Å². The standard InChI is InChI=1S/C20H14N2O8S2.Cr/c23-16-10-18(32(28,29)30)11-4-1-2-5-13(11)19(16)22-21-15-9-8-12-14(20(15)24)6-3-7-17(12)31(25,26)27;/h1-10,23-24H,(H,25,26,27)(H,28,29,30);/p+1. The number of fused-ring (bicyclic) bond motifs is 2. The zero-order valence-electron chi connectivity index (χ0n) is 17.3. The van der Waals surface area contributed by atoms with E-state index in [2.05, 4.69) is 10.2 Å². The van der Waals surface area contributed by atoms with Crippen LogP contribution in [0.15, 0.2) is 80.7 Å². The van der Waals surface area contributed by atoms with E-state index in [1.54, 1.807) is 6.07 Å². The molecule has 0 amide bonds. The number of benzene rings is 4. The second-order valence-corrected chi connectivity index (χ2v) is 9.50. The topological polar surface area (TPSA) is 174 Å². The van der Waals surface area contributed by atoms with Crippen molar-refractivity contribution in [2.24, 2.45) is 10.2 Å². The number of hydrogen-bond donors (Lipinski definition) is 4. The van der Waals surface area contributed by atoms with Gasteiger partial charge in [-0.2, -0.15) is 16.8 Å². The molecule has 0 radical (unpaired) electrons. The number of hydrogen-bond acceptors (Lipinski definition) is 8. The molecule has 0 aliphatic rings. The van der Waals surface area contributed by atoms with Gasteiger partial charge in [-0.3, -0.25) is 9.11 Å². The van der Waals surface area contributed by atoms with Crippen LogP contribution in [0.1, 0.15) is 1.43 Å². The van der Waals surface area contributed by atoms with Crippen LogP contribution >= 0.6 is 0 Å². The molecule has 4 aromatic rings. The minimum atomic E-state index is -4.62. The van der Waals surface area contributed by atoms with Crippen LogP contribution in [0, 0.1) is 0 Å². The first-order chi connectivity index (χ1) is 15.0. The average Bonchev–Trinajstić information content (AvgIpc) is 2.72. The summed E-state index contributed by atoms with van der Waals surface area (Å²) >= 11 is 0. The van der Waals surface area contributed by atoms with Crippen molar-refractivity contribution < 1.29 is 54.9 Å². The zero-order chi connectivity index (χ0) is 23.3. The molecule has 4 N–H and O–H groups in total. The van der Waals surface area contributed by atoms with Crippen molar-refractivity contribution in [3.8, 4) is 11.5 Å². The van der Waals surface area contributed by atoms with Gasteiger partial charge in [0, 0.05) is 45.0 Å². The van der Waals surface area contributed by atoms with E-state index in [1.807, 2.05) is 0 Å². The monoisotopic (exact) mass is 527 g/mol. The molecule has 4 aromatic carbocycles. The van der Waals surface area contributed by atoms with E-state index in [0.29, 0.717) is 0 Å². The van der Waals surface area contributed by atoms with Gasteiger partial charge in [-0.1, -0.05) is 42.5 Å². The summed E-state index contributed by atoms with van der Waals surface area (Å²) in [6.07, 6.45) is 0. The molecular formula is C20H15CrN2O8S2+. The smallest absolute Gasteiger partial charge is 0.506 e. The Morgan fingerprint density at radius 2 is 1.24 bits per heavy atom. The zero-order valence-corrected chi connectivity index (χ0v) is 19.2. The van der Waals surface area contributed by atoms with Gasteiger partial charge in [-0.05, 0) is 12.1 Å². The third-order valence-corrected chi connectivity index (χ3v) is 6.55. The number of azo groups is 1. The molecule has 0 aliphatic carbocycles. The summed E-state index contributed by atoms with van der Waals surface area (Å²) in [5.41, 5.74) is -0.188. The first kappa shape index (κ1) is 24.6. The summed E-state index contributed by atoms with van der Waals surface area (Å²) in [4.78, 5) is -0.894. The Morgan fingerprint density at radius 3 is 1.88 bits per heavy atom. The van der Waals surface area contributed by atoms with Crippen LogP contribution in [0.5, 0.6) is 11.5 Å². The molecule has 0 unspecified atom stereocenters. The molecule has 0 saturated heterocycles. The molecule has 0 spiro atoms. The summed E-state index contributed by atoms with van der Waals surface area (Å²) in [5, 5.41) is 29.1. The van der Waals surface area contributed by atoms with Crippen LogP contribution in [0.4, 0.5) is 11.4 Å². The fraction of sp³-hybridized carbons (Fsp3) is 0. The first-order valence-electron chi connectivity index (χ1n) is 8.84. The molecule has 0 aliphatic heterocycles. The molecule has 0 heterocycles. The molecular weight excluding hydrogens is 512 g/mol. The maximum Gasteiger partial charge on any atom is 1.00 e. The SMILES string of the molecule is O=S(=O)(O)c1cccc2c(O)c(N=Nc3c(O)cc(S(=O)(=O)O)c4ccccc34)ccc12.[Cr].[H+]. The van der Waals surface area contributed by atoms with Crippen molar-refractivity contribution in [2.45, 2.75) is 9.79 Å². The summed E-state index contributed by atoms with van der Waals surface area (Å²) in [5.74, 6) is -0.996. The van der Waals surface area contributed by atoms with E-state index in [-0.39, 0.29) is 51.7 Å². The molecule has 0 aromatic heterocycles. The Kier molecular flexibility index (Phi) is 6.49. The van der Waals surface area contributed by atoms with Gasteiger partial charge in [0.1, 0.15) is 26.9 Å². The van der Waals surface area contributed by atoms with Gasteiger partial charge < -0.3 is 10.2 Å². The molecule has 170 valence electrons. The first-order valence-corrected chi connectivity index (χ1v) is 11.7. The van der Waals surface area contributed by atoms with Crippen molar-refractivity contribution in [3.63, 3.8) is 0 Å². The third-order valence-electron chi connectivity index (χ3n) is 4.74. The van der Waals surface area contributed by atoms with Gasteiger partial charge in [0.15, 0.2) is 5.75 Å². The van der Waals surface area contributed by atoms with Crippen LogP contribution in [0.25, 0.3) is 21.5 Å². The van der Waals surface area contributed by atoms with Crippen LogP contribution < -0.4 is 0 Å². The van der Waals surface area contributed by atoms with Crippen LogP contribution in [-0.4, -0.2) is 36.2 Å². The van der Waals surface area contributed by atoms with Crippen molar-refractivity contribution in [3.05, 3.63) is 60.7 Å². The Labute approximate surface area is 200 Å². The summed E-state index contributed by atoms with van der Waals surface area (Å²) in [6.45, 7) is 0. The van der Waals surface area contributed by atoms with Crippen LogP contribution in [0.3, 0.4) is 0 Å². The fourth-order valence-electron chi connectivity index (χ4n) is 3.34. The molecule has 33 heavy (non-hydrogen) atoms. The summed E-state index contributed by atoms with van der Waals surface area (Å²) in [6, 6.07) is 13.4. The predicted octanol–water partition coefficient (Wildman–Crippen LogP) is 4.42. The summed E-state index contributed by atoms with van der Waals surface area (Å²) in [7, 11) is -9.15. The summed E-state index contributed by atoms with van der Waals surface area (Å²) < 4.78 is 65.2.